The van der Waals surface area contributed by atoms with Crippen molar-refractivity contribution in [1.29, 1.82) is 0 Å². The third-order valence-electron chi connectivity index (χ3n) is 9.27. The van der Waals surface area contributed by atoms with Gasteiger partial charge in [-0.2, -0.15) is 11.6 Å². The van der Waals surface area contributed by atoms with Crippen LogP contribution in [-0.2, 0) is 35.1 Å². The number of fused-ring (bicyclic) bond motifs is 3. The van der Waals surface area contributed by atoms with Crippen LogP contribution in [0.2, 0.25) is 10.0 Å². The van der Waals surface area contributed by atoms with Gasteiger partial charge in [-0.05, 0) is 10.8 Å². The van der Waals surface area contributed by atoms with Crippen LogP contribution in [0, 0.1) is 17.4 Å². The molecule has 0 heterocycles. The molecule has 0 bridgehead atoms. The maximum atomic E-state index is 5.86. The Hall–Kier alpha value is -1.86. The minimum absolute atomic E-state index is 0. The number of allylic oxidation sites excluding steroid dienone is 4. The van der Waals surface area contributed by atoms with E-state index >= 15 is 0 Å². The molecule has 0 radical (unpaired) electrons. The smallest absolute Gasteiger partial charge is 1.00 e. The second-order valence-electron chi connectivity index (χ2n) is 16.6. The summed E-state index contributed by atoms with van der Waals surface area (Å²) in [6, 6.07) is 32.0. The number of hydrogen-bond acceptors (Lipinski definition) is 0. The van der Waals surface area contributed by atoms with Crippen molar-refractivity contribution in [3.05, 3.63) is 147 Å². The number of benzene rings is 4. The fourth-order valence-corrected chi connectivity index (χ4v) is 6.97. The molecular formula is C47H54Cl4Zr-2. The Balaban J connectivity index is 0.000000273. The van der Waals surface area contributed by atoms with Crippen molar-refractivity contribution in [2.24, 2.45) is 11.3 Å². The minimum Gasteiger partial charge on any atom is -1.00 e. The van der Waals surface area contributed by atoms with E-state index in [1.165, 1.54) is 96.1 Å². The van der Waals surface area contributed by atoms with Gasteiger partial charge in [0, 0.05) is 0 Å². The average molecular weight is 852 g/mol. The third-order valence-corrected chi connectivity index (χ3v) is 11.2. The summed E-state index contributed by atoms with van der Waals surface area (Å²) in [7, 11) is 0. The van der Waals surface area contributed by atoms with Crippen LogP contribution in [0.25, 0.3) is 21.5 Å². The van der Waals surface area contributed by atoms with Gasteiger partial charge in [-0.3, -0.25) is 6.08 Å². The Kier molecular flexibility index (Phi) is 17.5. The topological polar surface area (TPSA) is 0 Å². The van der Waals surface area contributed by atoms with Crippen molar-refractivity contribution >= 4 is 48.0 Å². The molecule has 5 aromatic carbocycles. The van der Waals surface area contributed by atoms with Gasteiger partial charge < -0.3 is 24.8 Å². The second-order valence-corrected chi connectivity index (χ2v) is 18.7. The van der Waals surface area contributed by atoms with Crippen LogP contribution in [0.1, 0.15) is 111 Å². The Morgan fingerprint density at radius 3 is 1.42 bits per heavy atom. The van der Waals surface area contributed by atoms with Crippen LogP contribution in [0.5, 0.6) is 0 Å². The summed E-state index contributed by atoms with van der Waals surface area (Å²) >= 11 is 13.1. The number of unbranched alkanes of at least 4 members (excludes halogenated alkanes) is 1. The van der Waals surface area contributed by atoms with Crippen molar-refractivity contribution in [3.8, 4) is 0 Å². The Bertz CT molecular complexity index is 1840. The molecule has 0 spiro atoms. The fourth-order valence-electron chi connectivity index (χ4n) is 5.90. The van der Waals surface area contributed by atoms with Gasteiger partial charge in [-0.15, -0.1) is 39.7 Å². The number of halogens is 4. The van der Waals surface area contributed by atoms with E-state index in [4.69, 9.17) is 23.2 Å². The van der Waals surface area contributed by atoms with Crippen LogP contribution in [-0.4, -0.2) is 3.21 Å². The van der Waals surface area contributed by atoms with E-state index < -0.39 is 0 Å². The van der Waals surface area contributed by atoms with Crippen molar-refractivity contribution in [2.75, 3.05) is 0 Å². The summed E-state index contributed by atoms with van der Waals surface area (Å²) in [5.74, 6) is 0.592. The zero-order valence-electron chi connectivity index (χ0n) is 32.5. The largest absolute Gasteiger partial charge is 1.00 e. The predicted octanol–water partition coefficient (Wildman–Crippen LogP) is 8.56. The van der Waals surface area contributed by atoms with Crippen LogP contribution in [0.4, 0.5) is 0 Å². The van der Waals surface area contributed by atoms with Gasteiger partial charge in [-0.25, -0.2) is 6.08 Å². The van der Waals surface area contributed by atoms with E-state index in [0.717, 1.165) is 10.0 Å². The van der Waals surface area contributed by atoms with Crippen molar-refractivity contribution < 1.29 is 49.0 Å². The second kappa shape index (κ2) is 19.6. The van der Waals surface area contributed by atoms with Gasteiger partial charge in [-0.1, -0.05) is 135 Å². The molecule has 0 saturated heterocycles. The molecule has 0 saturated carbocycles. The Labute approximate surface area is 352 Å². The van der Waals surface area contributed by atoms with Crippen molar-refractivity contribution in [3.63, 3.8) is 0 Å². The third kappa shape index (κ3) is 12.9. The van der Waals surface area contributed by atoms with E-state index in [1.807, 2.05) is 48.5 Å². The number of hydrogen-bond donors (Lipinski definition) is 0. The first-order chi connectivity index (χ1) is 23.4. The molecule has 0 fully saturated rings. The van der Waals surface area contributed by atoms with Crippen LogP contribution in [0.15, 0.2) is 109 Å². The molecule has 0 aromatic heterocycles. The predicted molar refractivity (Wildman–Crippen MR) is 219 cm³/mol. The molecule has 0 aliphatic heterocycles. The number of rotatable bonds is 5. The van der Waals surface area contributed by atoms with Crippen LogP contribution in [0.3, 0.4) is 0 Å². The summed E-state index contributed by atoms with van der Waals surface area (Å²) in [5.41, 5.74) is 7.38. The minimum atomic E-state index is 0. The average Bonchev–Trinajstić information content (AvgIpc) is 3.69. The Morgan fingerprint density at radius 1 is 0.654 bits per heavy atom. The van der Waals surface area contributed by atoms with Gasteiger partial charge in [0.1, 0.15) is 0 Å². The molecule has 1 aliphatic rings. The molecule has 5 aromatic rings. The van der Waals surface area contributed by atoms with Gasteiger partial charge >= 0.3 is 120 Å². The molecule has 52 heavy (non-hydrogen) atoms. The molecule has 1 unspecified atom stereocenters. The first kappa shape index (κ1) is 46.3. The van der Waals surface area contributed by atoms with E-state index in [9.17, 15) is 0 Å². The molecule has 1 aliphatic carbocycles. The zero-order valence-corrected chi connectivity index (χ0v) is 38.0. The fraction of sp³-hybridized carbons (Fsp3) is 0.362. The van der Waals surface area contributed by atoms with Gasteiger partial charge in [0.05, 0.1) is 0 Å². The quantitative estimate of drug-likeness (QED) is 0.156. The maximum Gasteiger partial charge on any atom is -1.00 e. The van der Waals surface area contributed by atoms with Crippen LogP contribution >= 0.6 is 23.2 Å². The first-order valence-electron chi connectivity index (χ1n) is 17.9. The molecule has 1 atom stereocenters. The molecule has 0 amide bonds. The van der Waals surface area contributed by atoms with E-state index in [0.29, 0.717) is 11.3 Å². The van der Waals surface area contributed by atoms with E-state index in [1.54, 1.807) is 0 Å². The van der Waals surface area contributed by atoms with Crippen molar-refractivity contribution in [2.45, 2.75) is 99.3 Å². The van der Waals surface area contributed by atoms with Gasteiger partial charge in [0.25, 0.3) is 0 Å². The van der Waals surface area contributed by atoms with Crippen molar-refractivity contribution in [1.82, 2.24) is 0 Å². The molecule has 0 nitrogen and oxygen atoms in total. The van der Waals surface area contributed by atoms with Gasteiger partial charge in [0.15, 0.2) is 0 Å². The normalized spacial score (nSPS) is 14.0. The summed E-state index contributed by atoms with van der Waals surface area (Å²) in [5, 5.41) is 7.02. The molecular weight excluding hydrogens is 798 g/mol. The SMILES string of the molecule is CC(C)(C)c1ccc2[cH-]c3ccc(C(C)(C)C)cc3c2c1.CCCCC1[C-]=CC(C(C)(C)C)=C1.Clc1ccc([C](=[Zr+2])c2ccc(Cl)cc2)cc1.[Cl-].[Cl-]. The summed E-state index contributed by atoms with van der Waals surface area (Å²) < 4.78 is 1.31. The Morgan fingerprint density at radius 2 is 1.08 bits per heavy atom. The molecule has 6 rings (SSSR count). The molecule has 276 valence electrons. The molecule has 5 heteroatoms. The van der Waals surface area contributed by atoms with E-state index in [2.05, 4.69) is 130 Å². The summed E-state index contributed by atoms with van der Waals surface area (Å²) in [6.45, 7) is 22.7. The van der Waals surface area contributed by atoms with Gasteiger partial charge in [0.2, 0.25) is 0 Å². The zero-order chi connectivity index (χ0) is 36.9. The summed E-state index contributed by atoms with van der Waals surface area (Å²) in [6.07, 6.45) is 11.9. The standard InChI is InChI=1S/C21H25.C13H8Cl2.C13H21.2ClH.Zr/c1-20(2,3)16-9-7-14-11-15-8-10-17(21(4,5)6)13-19(15)18(14)12-16;14-12-5-1-10(2-6-12)9-11-3-7-13(15)8-4-11;1-5-6-7-11-8-9-12(10-11)13(2,3)4;;;/h7-13H,1-6H3;1-8H;9-11H,5-7H2,1-4H3;2*1H;/q-1;;-1;;;+2/p-2. The van der Waals surface area contributed by atoms with E-state index in [-0.39, 0.29) is 35.6 Å². The monoisotopic (exact) mass is 848 g/mol. The van der Waals surface area contributed by atoms with Crippen LogP contribution < -0.4 is 24.8 Å². The molecule has 0 N–H and O–H groups in total. The first-order valence-corrected chi connectivity index (χ1v) is 19.9. The summed E-state index contributed by atoms with van der Waals surface area (Å²) in [4.78, 5) is 0. The maximum absolute atomic E-state index is 5.86.